The van der Waals surface area contributed by atoms with Gasteiger partial charge in [0.2, 0.25) is 0 Å². The fraction of sp³-hybridized carbons (Fsp3) is 0.200. The maximum absolute atomic E-state index is 12.8. The Morgan fingerprint density at radius 3 is 2.52 bits per heavy atom. The molecule has 6 heteroatoms. The lowest BCUT2D eigenvalue weighted by molar-refractivity contribution is -0.384. The number of halogens is 2. The van der Waals surface area contributed by atoms with Gasteiger partial charge >= 0.3 is 0 Å². The molecule has 110 valence electrons. The molecular formula is C15H14BrFN2O2. The number of benzene rings is 2. The molecule has 0 radical (unpaired) electrons. The Bertz CT molecular complexity index is 632. The van der Waals surface area contributed by atoms with Crippen LogP contribution < -0.4 is 5.32 Å². The topological polar surface area (TPSA) is 55.2 Å². The van der Waals surface area contributed by atoms with Crippen molar-refractivity contribution in [1.29, 1.82) is 0 Å². The number of rotatable bonds is 6. The first-order valence-electron chi connectivity index (χ1n) is 6.44. The first-order valence-corrected chi connectivity index (χ1v) is 7.23. The Morgan fingerprint density at radius 2 is 1.90 bits per heavy atom. The number of nitro benzene ring substituents is 1. The monoisotopic (exact) mass is 352 g/mol. The van der Waals surface area contributed by atoms with Crippen molar-refractivity contribution >= 4 is 21.6 Å². The average Bonchev–Trinajstić information content (AvgIpc) is 2.46. The number of hydrogen-bond donors (Lipinski definition) is 1. The largest absolute Gasteiger partial charge is 0.312 e. The first-order chi connectivity index (χ1) is 10.1. The summed E-state index contributed by atoms with van der Waals surface area (Å²) >= 11 is 3.33. The minimum Gasteiger partial charge on any atom is -0.312 e. The van der Waals surface area contributed by atoms with Crippen molar-refractivity contribution in [3.8, 4) is 0 Å². The minimum absolute atomic E-state index is 0.0666. The lowest BCUT2D eigenvalue weighted by Gasteiger charge is -2.07. The second-order valence-electron chi connectivity index (χ2n) is 4.59. The van der Waals surface area contributed by atoms with Crippen LogP contribution in [0.3, 0.4) is 0 Å². The fourth-order valence-electron chi connectivity index (χ4n) is 1.90. The number of nitrogens with one attached hydrogen (secondary N) is 1. The van der Waals surface area contributed by atoms with Gasteiger partial charge in [-0.3, -0.25) is 10.1 Å². The lowest BCUT2D eigenvalue weighted by atomic mass is 10.1. The molecule has 0 aromatic heterocycles. The van der Waals surface area contributed by atoms with E-state index in [0.29, 0.717) is 11.0 Å². The smallest absolute Gasteiger partial charge is 0.270 e. The van der Waals surface area contributed by atoms with Crippen molar-refractivity contribution in [3.05, 3.63) is 74.0 Å². The van der Waals surface area contributed by atoms with E-state index in [0.717, 1.165) is 24.1 Å². The van der Waals surface area contributed by atoms with Crippen molar-refractivity contribution in [2.75, 3.05) is 6.54 Å². The molecule has 0 heterocycles. The van der Waals surface area contributed by atoms with Gasteiger partial charge in [0, 0.05) is 23.2 Å². The first kappa shape index (κ1) is 15.6. The molecule has 0 saturated carbocycles. The van der Waals surface area contributed by atoms with Gasteiger partial charge in [-0.25, -0.2) is 4.39 Å². The second-order valence-corrected chi connectivity index (χ2v) is 5.44. The number of nitrogens with zero attached hydrogens (tertiary/aromatic N) is 1. The Hall–Kier alpha value is -1.79. The molecule has 0 saturated heterocycles. The Morgan fingerprint density at radius 1 is 1.19 bits per heavy atom. The van der Waals surface area contributed by atoms with Crippen LogP contribution in [0.15, 0.2) is 46.9 Å². The molecule has 0 aliphatic carbocycles. The zero-order chi connectivity index (χ0) is 15.2. The van der Waals surface area contributed by atoms with Crippen LogP contribution in [0.1, 0.15) is 11.1 Å². The summed E-state index contributed by atoms with van der Waals surface area (Å²) in [7, 11) is 0. The number of non-ortho nitro benzene ring substituents is 1. The van der Waals surface area contributed by atoms with Crippen LogP contribution in [0, 0.1) is 15.9 Å². The number of nitro groups is 1. The second kappa shape index (κ2) is 7.28. The summed E-state index contributed by atoms with van der Waals surface area (Å²) in [6, 6.07) is 11.1. The molecule has 1 N–H and O–H groups in total. The highest BCUT2D eigenvalue weighted by Crippen LogP contribution is 2.22. The molecule has 2 aromatic carbocycles. The number of hydrogen-bond acceptors (Lipinski definition) is 3. The van der Waals surface area contributed by atoms with Crippen molar-refractivity contribution in [1.82, 2.24) is 5.32 Å². The standard InChI is InChI=1S/C15H14BrFN2O2/c16-15-9-14(19(20)21)6-3-12(15)10-18-8-7-11-1-4-13(17)5-2-11/h1-6,9,18H,7-8,10H2. The summed E-state index contributed by atoms with van der Waals surface area (Å²) in [5.41, 5.74) is 2.09. The molecule has 0 bridgehead atoms. The van der Waals surface area contributed by atoms with E-state index in [9.17, 15) is 14.5 Å². The SMILES string of the molecule is O=[N+]([O-])c1ccc(CNCCc2ccc(F)cc2)c(Br)c1. The molecule has 2 rings (SSSR count). The Labute approximate surface area is 130 Å². The molecule has 0 amide bonds. The molecular weight excluding hydrogens is 339 g/mol. The van der Waals surface area contributed by atoms with E-state index in [4.69, 9.17) is 0 Å². The Kier molecular flexibility index (Phi) is 5.41. The zero-order valence-corrected chi connectivity index (χ0v) is 12.8. The van der Waals surface area contributed by atoms with Gasteiger partial charge in [-0.1, -0.05) is 28.1 Å². The predicted molar refractivity (Wildman–Crippen MR) is 82.6 cm³/mol. The maximum atomic E-state index is 12.8. The van der Waals surface area contributed by atoms with Gasteiger partial charge in [0.05, 0.1) is 4.92 Å². The van der Waals surface area contributed by atoms with Crippen LogP contribution in [-0.2, 0) is 13.0 Å². The van der Waals surface area contributed by atoms with Gasteiger partial charge in [-0.15, -0.1) is 0 Å². The van der Waals surface area contributed by atoms with Crippen molar-refractivity contribution < 1.29 is 9.31 Å². The Balaban J connectivity index is 1.83. The van der Waals surface area contributed by atoms with E-state index in [1.54, 1.807) is 18.2 Å². The quantitative estimate of drug-likeness (QED) is 0.488. The van der Waals surface area contributed by atoms with Gasteiger partial charge < -0.3 is 5.32 Å². The lowest BCUT2D eigenvalue weighted by Crippen LogP contribution is -2.17. The summed E-state index contributed by atoms with van der Waals surface area (Å²) in [5, 5.41) is 13.9. The van der Waals surface area contributed by atoms with Gasteiger partial charge in [0.1, 0.15) is 5.82 Å². The molecule has 0 aliphatic heterocycles. The van der Waals surface area contributed by atoms with Crippen LogP contribution in [0.2, 0.25) is 0 Å². The van der Waals surface area contributed by atoms with E-state index in [1.165, 1.54) is 24.3 Å². The molecule has 4 nitrogen and oxygen atoms in total. The van der Waals surface area contributed by atoms with Crippen LogP contribution in [-0.4, -0.2) is 11.5 Å². The highest BCUT2D eigenvalue weighted by atomic mass is 79.9. The minimum atomic E-state index is -0.420. The normalized spacial score (nSPS) is 10.6. The molecule has 0 atom stereocenters. The van der Waals surface area contributed by atoms with Gasteiger partial charge in [0.15, 0.2) is 0 Å². The molecule has 21 heavy (non-hydrogen) atoms. The zero-order valence-electron chi connectivity index (χ0n) is 11.2. The van der Waals surface area contributed by atoms with Crippen molar-refractivity contribution in [2.45, 2.75) is 13.0 Å². The predicted octanol–water partition coefficient (Wildman–Crippen LogP) is 3.83. The average molecular weight is 353 g/mol. The third kappa shape index (κ3) is 4.61. The third-order valence-corrected chi connectivity index (χ3v) is 3.80. The van der Waals surface area contributed by atoms with Crippen molar-refractivity contribution in [3.63, 3.8) is 0 Å². The molecule has 2 aromatic rings. The maximum Gasteiger partial charge on any atom is 0.270 e. The van der Waals surface area contributed by atoms with E-state index in [-0.39, 0.29) is 11.5 Å². The van der Waals surface area contributed by atoms with Crippen molar-refractivity contribution in [2.24, 2.45) is 0 Å². The summed E-state index contributed by atoms with van der Waals surface area (Å²) in [6.07, 6.45) is 0.797. The molecule has 0 aliphatic rings. The molecule has 0 fully saturated rings. The van der Waals surface area contributed by atoms with E-state index in [2.05, 4.69) is 21.2 Å². The van der Waals surface area contributed by atoms with Crippen LogP contribution in [0.25, 0.3) is 0 Å². The summed E-state index contributed by atoms with van der Waals surface area (Å²) in [4.78, 5) is 10.2. The van der Waals surface area contributed by atoms with Crippen LogP contribution in [0.4, 0.5) is 10.1 Å². The highest BCUT2D eigenvalue weighted by molar-refractivity contribution is 9.10. The fourth-order valence-corrected chi connectivity index (χ4v) is 2.41. The van der Waals surface area contributed by atoms with Crippen LogP contribution >= 0.6 is 15.9 Å². The summed E-state index contributed by atoms with van der Waals surface area (Å²) < 4.78 is 13.5. The van der Waals surface area contributed by atoms with Gasteiger partial charge in [-0.2, -0.15) is 0 Å². The molecule has 0 unspecified atom stereocenters. The summed E-state index contributed by atoms with van der Waals surface area (Å²) in [6.45, 7) is 1.36. The third-order valence-electron chi connectivity index (χ3n) is 3.07. The van der Waals surface area contributed by atoms with Gasteiger partial charge in [0.25, 0.3) is 5.69 Å². The van der Waals surface area contributed by atoms with Crippen LogP contribution in [0.5, 0.6) is 0 Å². The van der Waals surface area contributed by atoms with Gasteiger partial charge in [-0.05, 0) is 42.3 Å². The molecule has 0 spiro atoms. The van der Waals surface area contributed by atoms with E-state index < -0.39 is 4.92 Å². The highest BCUT2D eigenvalue weighted by Gasteiger charge is 2.08. The van der Waals surface area contributed by atoms with E-state index >= 15 is 0 Å². The summed E-state index contributed by atoms with van der Waals surface area (Å²) in [5.74, 6) is -0.235. The van der Waals surface area contributed by atoms with E-state index in [1.807, 2.05) is 0 Å².